The third-order valence-corrected chi connectivity index (χ3v) is 19.4. The molecule has 2 aliphatic rings. The van der Waals surface area contributed by atoms with Gasteiger partial charge in [0.25, 0.3) is 11.1 Å². The summed E-state index contributed by atoms with van der Waals surface area (Å²) in [6, 6.07) is 18.3. The molecule has 6 aromatic rings. The molecule has 8 rings (SSSR count). The maximum atomic E-state index is 13.7. The maximum absolute atomic E-state index is 13.7. The smallest absolute Gasteiger partial charge is 0.395 e. The lowest BCUT2D eigenvalue weighted by Gasteiger charge is -2.27. The zero-order valence-electron chi connectivity index (χ0n) is 47.1. The number of nitrogens with zero attached hydrogens (tertiary/aromatic N) is 6. The molecule has 10 atom stereocenters. The summed E-state index contributed by atoms with van der Waals surface area (Å²) in [7, 11) is -8.02. The lowest BCUT2D eigenvalue weighted by Crippen LogP contribution is -2.44. The second kappa shape index (κ2) is 27.6. The van der Waals surface area contributed by atoms with Gasteiger partial charge in [0, 0.05) is 30.0 Å². The maximum Gasteiger partial charge on any atom is 0.405 e. The molecule has 33 heteroatoms. The van der Waals surface area contributed by atoms with Crippen LogP contribution < -0.4 is 32.8 Å². The average Bonchev–Trinajstić information content (AvgIpc) is 4.22. The van der Waals surface area contributed by atoms with Gasteiger partial charge in [-0.25, -0.2) is 29.3 Å². The van der Waals surface area contributed by atoms with Gasteiger partial charge in [0.05, 0.1) is 51.1 Å². The number of thioether (sulfide) groups is 2. The number of aromatic amines is 2. The fourth-order valence-corrected chi connectivity index (χ4v) is 12.9. The van der Waals surface area contributed by atoms with Crippen molar-refractivity contribution in [3.63, 3.8) is 0 Å². The van der Waals surface area contributed by atoms with Gasteiger partial charge in [-0.2, -0.15) is 9.97 Å². The molecule has 29 nitrogen and oxygen atoms in total. The van der Waals surface area contributed by atoms with Crippen LogP contribution in [0, 0.1) is 10.8 Å². The highest BCUT2D eigenvalue weighted by Gasteiger charge is 2.55. The number of benzene rings is 2. The Kier molecular flexibility index (Phi) is 21.8. The molecular weight excluding hydrogens is 1180 g/mol. The van der Waals surface area contributed by atoms with Crippen LogP contribution in [-0.2, 0) is 59.4 Å². The van der Waals surface area contributed by atoms with E-state index in [0.29, 0.717) is 6.42 Å². The van der Waals surface area contributed by atoms with E-state index in [0.717, 1.165) is 34.7 Å². The lowest BCUT2D eigenvalue weighted by molar-refractivity contribution is -0.120. The predicted molar refractivity (Wildman–Crippen MR) is 312 cm³/mol. The number of carbonyl (C=O) groups is 2. The van der Waals surface area contributed by atoms with Crippen molar-refractivity contribution in [2.75, 3.05) is 56.0 Å². The summed E-state index contributed by atoms with van der Waals surface area (Å²) in [6.07, 6.45) is -4.68. The first-order chi connectivity index (χ1) is 39.5. The summed E-state index contributed by atoms with van der Waals surface area (Å²) in [5.41, 5.74) is 6.62. The van der Waals surface area contributed by atoms with E-state index in [1.165, 1.54) is 35.6 Å². The van der Waals surface area contributed by atoms with E-state index in [9.17, 15) is 53.8 Å². The number of imidazole rings is 2. The Labute approximate surface area is 490 Å². The van der Waals surface area contributed by atoms with Crippen LogP contribution in [0.25, 0.3) is 22.3 Å². The van der Waals surface area contributed by atoms with Crippen LogP contribution in [-0.4, -0.2) is 155 Å². The Hall–Kier alpha value is -5.28. The normalized spacial score (nSPS) is 24.2. The van der Waals surface area contributed by atoms with Crippen molar-refractivity contribution in [3.8, 4) is 0 Å². The lowest BCUT2D eigenvalue weighted by atomic mass is 9.92. The van der Waals surface area contributed by atoms with E-state index >= 15 is 0 Å². The largest absolute Gasteiger partial charge is 0.405 e. The zero-order chi connectivity index (χ0) is 61.4. The number of nitrogen functional groups attached to an aromatic ring is 2. The van der Waals surface area contributed by atoms with Gasteiger partial charge in [-0.3, -0.25) is 56.4 Å². The number of ether oxygens (including phenoxy) is 2. The minimum atomic E-state index is -4.04. The third-order valence-electron chi connectivity index (χ3n) is 13.9. The molecule has 0 aliphatic carbocycles. The molecular formula is C51H72N12O17P2S2. The molecule has 0 radical (unpaired) electrons. The Morgan fingerprint density at radius 3 is 1.44 bits per heavy atom. The van der Waals surface area contributed by atoms with Gasteiger partial charge >= 0.3 is 15.5 Å². The van der Waals surface area contributed by atoms with E-state index in [2.05, 4.69) is 40.1 Å². The van der Waals surface area contributed by atoms with Gasteiger partial charge in [0.2, 0.25) is 11.9 Å². The number of aromatic nitrogens is 8. The molecule has 13 N–H and O–H groups in total. The highest BCUT2D eigenvalue weighted by atomic mass is 32.2. The van der Waals surface area contributed by atoms with Gasteiger partial charge in [0.15, 0.2) is 45.0 Å². The molecule has 4 aromatic heterocycles. The zero-order valence-corrected chi connectivity index (χ0v) is 50.6. The van der Waals surface area contributed by atoms with E-state index < -0.39 is 98.7 Å². The summed E-state index contributed by atoms with van der Waals surface area (Å²) in [5, 5.41) is 59.0. The van der Waals surface area contributed by atoms with Crippen LogP contribution in [0.15, 0.2) is 82.9 Å². The first kappa shape index (κ1) is 66.2. The number of aliphatic hydroxyl groups is 5. The molecule has 460 valence electrons. The highest BCUT2D eigenvalue weighted by molar-refractivity contribution is 8.14. The number of carbonyl (C=O) groups excluding carboxylic acids is 2. The Balaban J connectivity index is 0.000000241. The second-order valence-electron chi connectivity index (χ2n) is 21.4. The molecule has 2 aliphatic heterocycles. The molecule has 0 spiro atoms. The number of rotatable bonds is 26. The topological polar surface area (TPSA) is 428 Å². The molecule has 6 heterocycles. The average molecular weight is 1250 g/mol. The van der Waals surface area contributed by atoms with Gasteiger partial charge in [-0.1, -0.05) is 105 Å². The summed E-state index contributed by atoms with van der Waals surface area (Å²) in [4.78, 5) is 70.1. The Bertz CT molecular complexity index is 3220. The van der Waals surface area contributed by atoms with Crippen LogP contribution in [0.1, 0.15) is 78.5 Å². The number of aliphatic hydroxyl groups excluding tert-OH is 3. The molecule has 0 saturated carbocycles. The summed E-state index contributed by atoms with van der Waals surface area (Å²) < 4.78 is 64.5. The molecule has 2 fully saturated rings. The first-order valence-corrected chi connectivity index (χ1v) is 31.5. The third kappa shape index (κ3) is 15.8. The summed E-state index contributed by atoms with van der Waals surface area (Å²) in [6.45, 7) is 10.5. The van der Waals surface area contributed by atoms with E-state index in [-0.39, 0.29) is 88.9 Å². The quantitative estimate of drug-likeness (QED) is 0.0274. The molecule has 0 bridgehead atoms. The van der Waals surface area contributed by atoms with E-state index in [4.69, 9.17) is 39.0 Å². The monoisotopic (exact) mass is 1250 g/mol. The molecule has 2 saturated heterocycles. The fraction of sp³-hybridized carbons (Fsp3) is 0.529. The summed E-state index contributed by atoms with van der Waals surface area (Å²) in [5.74, 6) is 0.0679. The van der Waals surface area contributed by atoms with Crippen LogP contribution in [0.5, 0.6) is 0 Å². The van der Waals surface area contributed by atoms with Crippen LogP contribution in [0.3, 0.4) is 0 Å². The predicted octanol–water partition coefficient (Wildman–Crippen LogP) is 3.26. The minimum absolute atomic E-state index is 0.00242. The Morgan fingerprint density at radius 2 is 1.07 bits per heavy atom. The van der Waals surface area contributed by atoms with Crippen molar-refractivity contribution in [3.05, 3.63) is 105 Å². The van der Waals surface area contributed by atoms with Gasteiger partial charge in [-0.05, 0) is 45.2 Å². The number of fused-ring (bicyclic) bond motifs is 2. The van der Waals surface area contributed by atoms with Crippen LogP contribution in [0.4, 0.5) is 11.9 Å². The van der Waals surface area contributed by atoms with Gasteiger partial charge in [0.1, 0.15) is 35.6 Å². The standard InChI is InChI=1S/C26H37N6O8PS.C25H35N6O9PS/c1-5-25(2,3)23(35)42-12-11-38-41(37,29-13-16-9-7-6-8-10-16)39-14-17-19(33)26(4,36)22(40-17)32-15-28-18-20(32)30-24(27)31-21(18)34;1-24(2,13-32)22(35)42-10-9-38-41(37,28-11-15-7-5-4-6-8-15)39-12-16-18(33)25(3,36)21(40-16)31-14-27-17-19(31)29-23(26)30-20(17)34/h6-10,15,17,19,22,33,36H,5,11-14H2,1-4H3,(H,29,37)(H3,27,30,31,34);4-8,14,16,18,21,32-33,36H,9-13H2,1-3H3,(H,28,37)(H3,26,29,30,34)/t17-,19-,22-,26-,41?;16-,18-,21-,25-,41?/m11/s1. The van der Waals surface area contributed by atoms with Crippen molar-refractivity contribution in [2.24, 2.45) is 10.8 Å². The minimum Gasteiger partial charge on any atom is -0.395 e. The van der Waals surface area contributed by atoms with Crippen LogP contribution >= 0.6 is 39.0 Å². The number of hydrogen-bond donors (Lipinski definition) is 11. The number of nitrogens with two attached hydrogens (primary N) is 2. The molecule has 84 heavy (non-hydrogen) atoms. The Morgan fingerprint density at radius 1 is 0.690 bits per heavy atom. The molecule has 2 aromatic carbocycles. The number of hydrogen-bond acceptors (Lipinski definition) is 25. The van der Waals surface area contributed by atoms with Crippen molar-refractivity contribution in [1.82, 2.24) is 49.2 Å². The molecule has 0 amide bonds. The van der Waals surface area contributed by atoms with E-state index in [1.54, 1.807) is 13.8 Å². The first-order valence-electron chi connectivity index (χ1n) is 26.4. The fourth-order valence-electron chi connectivity index (χ4n) is 8.34. The number of H-pyrrole nitrogens is 2. The van der Waals surface area contributed by atoms with Crippen molar-refractivity contribution >= 4 is 83.5 Å². The van der Waals surface area contributed by atoms with Crippen molar-refractivity contribution < 1.29 is 71.8 Å². The van der Waals surface area contributed by atoms with Crippen molar-refractivity contribution in [2.45, 2.75) is 116 Å². The van der Waals surface area contributed by atoms with Crippen molar-refractivity contribution in [1.29, 1.82) is 0 Å². The van der Waals surface area contributed by atoms with Gasteiger partial charge < -0.3 is 46.5 Å². The second-order valence-corrected chi connectivity index (χ2v) is 27.2. The molecule has 2 unspecified atom stereocenters. The van der Waals surface area contributed by atoms with Crippen LogP contribution in [0.2, 0.25) is 0 Å². The summed E-state index contributed by atoms with van der Waals surface area (Å²) >= 11 is 2.03. The van der Waals surface area contributed by atoms with Gasteiger partial charge in [-0.15, -0.1) is 0 Å². The van der Waals surface area contributed by atoms with E-state index in [1.807, 2.05) is 81.4 Å². The number of anilines is 2. The SMILES string of the molecule is CC(C)(CO)C(=O)SCCOP(=O)(NCc1ccccc1)OC[C@H]1O[C@@H](n2cnc3c(=O)[nH]c(N)nc32)[C@](C)(O)[C@@H]1O.CCC(C)(C)C(=O)SCCOP(=O)(NCc1ccccc1)OC[C@H]1O[C@@H](n2cnc3c(=O)[nH]c(N)nc32)[C@](C)(O)[C@@H]1O. The number of nitrogens with one attached hydrogen (secondary N) is 4. The highest BCUT2D eigenvalue weighted by Crippen LogP contribution is 2.49.